The van der Waals surface area contributed by atoms with Crippen LogP contribution in [-0.4, -0.2) is 30.8 Å². The van der Waals surface area contributed by atoms with Crippen molar-refractivity contribution in [3.63, 3.8) is 0 Å². The molecule has 1 aliphatic rings. The fraction of sp³-hybridized carbons (Fsp3) is 0.333. The van der Waals surface area contributed by atoms with Crippen LogP contribution in [0.4, 0.5) is 0 Å². The first-order valence-corrected chi connectivity index (χ1v) is 10.2. The number of aromatic nitrogens is 4. The maximum Gasteiger partial charge on any atom is 0.196 e. The maximum atomic E-state index is 12.3. The van der Waals surface area contributed by atoms with E-state index in [1.807, 2.05) is 22.8 Å². The molecule has 0 saturated heterocycles. The van der Waals surface area contributed by atoms with Crippen LogP contribution in [0, 0.1) is 13.8 Å². The molecule has 1 atom stereocenters. The molecule has 0 bridgehead atoms. The van der Waals surface area contributed by atoms with Gasteiger partial charge in [-0.15, -0.1) is 10.2 Å². The van der Waals surface area contributed by atoms with Gasteiger partial charge in [0.25, 0.3) is 0 Å². The average molecular weight is 379 g/mol. The number of hydrogen-bond acceptors (Lipinski definition) is 5. The minimum atomic E-state index is -0.0379. The van der Waals surface area contributed by atoms with E-state index in [0.717, 1.165) is 41.4 Å². The van der Waals surface area contributed by atoms with Crippen LogP contribution in [-0.2, 0) is 4.79 Å². The van der Waals surface area contributed by atoms with Crippen LogP contribution in [0.2, 0.25) is 0 Å². The van der Waals surface area contributed by atoms with Gasteiger partial charge >= 0.3 is 0 Å². The largest absolute Gasteiger partial charge is 0.298 e. The van der Waals surface area contributed by atoms with E-state index in [-0.39, 0.29) is 5.25 Å². The van der Waals surface area contributed by atoms with Crippen LogP contribution in [0.1, 0.15) is 36.8 Å². The summed E-state index contributed by atoms with van der Waals surface area (Å²) in [6, 6.07) is 12.1. The first kappa shape index (κ1) is 17.9. The predicted molar refractivity (Wildman–Crippen MR) is 107 cm³/mol. The number of rotatable bonds is 4. The molecular weight excluding hydrogens is 356 g/mol. The third-order valence-corrected chi connectivity index (χ3v) is 6.12. The van der Waals surface area contributed by atoms with Gasteiger partial charge in [-0.05, 0) is 50.5 Å². The third kappa shape index (κ3) is 3.67. The minimum absolute atomic E-state index is 0.0379. The van der Waals surface area contributed by atoms with Crippen LogP contribution in [0.25, 0.3) is 17.2 Å². The number of hydrogen-bond donors (Lipinski definition) is 0. The predicted octanol–water partition coefficient (Wildman–Crippen LogP) is 4.55. The highest BCUT2D eigenvalue weighted by atomic mass is 32.2. The summed E-state index contributed by atoms with van der Waals surface area (Å²) in [5.74, 6) is 1.02. The van der Waals surface area contributed by atoms with E-state index in [1.54, 1.807) is 6.20 Å². The Bertz CT molecular complexity index is 968. The fourth-order valence-corrected chi connectivity index (χ4v) is 4.65. The highest BCUT2D eigenvalue weighted by molar-refractivity contribution is 8.00. The van der Waals surface area contributed by atoms with Crippen molar-refractivity contribution >= 4 is 17.5 Å². The third-order valence-electron chi connectivity index (χ3n) is 4.87. The molecule has 4 rings (SSSR count). The van der Waals surface area contributed by atoms with Gasteiger partial charge in [-0.2, -0.15) is 0 Å². The zero-order valence-corrected chi connectivity index (χ0v) is 16.4. The molecule has 1 unspecified atom stereocenters. The zero-order chi connectivity index (χ0) is 18.8. The molecule has 138 valence electrons. The summed E-state index contributed by atoms with van der Waals surface area (Å²) in [7, 11) is 0. The van der Waals surface area contributed by atoms with Crippen molar-refractivity contribution in [3.8, 4) is 17.2 Å². The summed E-state index contributed by atoms with van der Waals surface area (Å²) in [5.41, 5.74) is 4.15. The Labute approximate surface area is 163 Å². The molecule has 3 aromatic rings. The lowest BCUT2D eigenvalue weighted by Gasteiger charge is -2.20. The van der Waals surface area contributed by atoms with Crippen molar-refractivity contribution in [2.24, 2.45) is 0 Å². The van der Waals surface area contributed by atoms with Crippen molar-refractivity contribution < 1.29 is 4.79 Å². The van der Waals surface area contributed by atoms with Crippen LogP contribution < -0.4 is 0 Å². The van der Waals surface area contributed by atoms with Gasteiger partial charge in [0.05, 0.1) is 10.9 Å². The second kappa shape index (κ2) is 7.64. The fourth-order valence-electron chi connectivity index (χ4n) is 3.48. The van der Waals surface area contributed by atoms with Crippen LogP contribution >= 0.6 is 11.8 Å². The Balaban J connectivity index is 1.82. The number of Topliss-reactive ketones (excluding diaryl/α,β-unsaturated/α-hetero) is 1. The standard InChI is InChI=1S/C21H22N4OS/c1-14-10-11-17(15(2)13-14)25-20(16-7-5-6-12-22-16)23-24-21(25)27-19-9-4-3-8-18(19)26/h5-7,10-13,19H,3-4,8-9H2,1-2H3. The summed E-state index contributed by atoms with van der Waals surface area (Å²) < 4.78 is 2.05. The van der Waals surface area contributed by atoms with Crippen molar-refractivity contribution in [2.75, 3.05) is 0 Å². The number of carbonyl (C=O) groups excluding carboxylic acids is 1. The lowest BCUT2D eigenvalue weighted by molar-refractivity contribution is -0.119. The second-order valence-electron chi connectivity index (χ2n) is 6.97. The number of carbonyl (C=O) groups is 1. The monoisotopic (exact) mass is 378 g/mol. The molecular formula is C21H22N4OS. The van der Waals surface area contributed by atoms with Crippen LogP contribution in [0.15, 0.2) is 47.8 Å². The number of aryl methyl sites for hydroxylation is 2. The lowest BCUT2D eigenvalue weighted by atomic mass is 9.99. The van der Waals surface area contributed by atoms with Gasteiger partial charge in [-0.1, -0.05) is 41.9 Å². The molecule has 0 N–H and O–H groups in total. The molecule has 27 heavy (non-hydrogen) atoms. The molecule has 0 spiro atoms. The lowest BCUT2D eigenvalue weighted by Crippen LogP contribution is -2.21. The number of pyridine rings is 1. The maximum absolute atomic E-state index is 12.3. The number of benzene rings is 1. The van der Waals surface area contributed by atoms with E-state index in [1.165, 1.54) is 17.3 Å². The molecule has 2 heterocycles. The molecule has 6 heteroatoms. The summed E-state index contributed by atoms with van der Waals surface area (Å²) in [4.78, 5) is 16.8. The van der Waals surface area contributed by atoms with Gasteiger partial charge in [-0.25, -0.2) is 0 Å². The van der Waals surface area contributed by atoms with Crippen molar-refractivity contribution in [1.82, 2.24) is 19.7 Å². The Kier molecular flexibility index (Phi) is 5.07. The number of nitrogens with zero attached hydrogens (tertiary/aromatic N) is 4. The smallest absolute Gasteiger partial charge is 0.196 e. The molecule has 5 nitrogen and oxygen atoms in total. The van der Waals surface area contributed by atoms with E-state index >= 15 is 0 Å². The normalized spacial score (nSPS) is 17.3. The molecule has 1 saturated carbocycles. The molecule has 0 aliphatic heterocycles. The van der Waals surface area contributed by atoms with Crippen molar-refractivity contribution in [2.45, 2.75) is 49.9 Å². The molecule has 1 fully saturated rings. The Morgan fingerprint density at radius 2 is 2.00 bits per heavy atom. The number of thioether (sulfide) groups is 1. The topological polar surface area (TPSA) is 60.7 Å². The first-order chi connectivity index (χ1) is 13.1. The van der Waals surface area contributed by atoms with E-state index in [4.69, 9.17) is 0 Å². The van der Waals surface area contributed by atoms with E-state index in [0.29, 0.717) is 18.0 Å². The second-order valence-corrected chi connectivity index (χ2v) is 8.13. The quantitative estimate of drug-likeness (QED) is 0.666. The van der Waals surface area contributed by atoms with E-state index in [2.05, 4.69) is 47.2 Å². The van der Waals surface area contributed by atoms with Gasteiger partial charge in [0, 0.05) is 12.6 Å². The SMILES string of the molecule is Cc1ccc(-n2c(SC3CCCCC3=O)nnc2-c2ccccn2)c(C)c1. The Morgan fingerprint density at radius 1 is 1.11 bits per heavy atom. The summed E-state index contributed by atoms with van der Waals surface area (Å²) in [5, 5.41) is 9.59. The summed E-state index contributed by atoms with van der Waals surface area (Å²) in [6.07, 6.45) is 5.42. The zero-order valence-electron chi connectivity index (χ0n) is 15.6. The van der Waals surface area contributed by atoms with Crippen molar-refractivity contribution in [1.29, 1.82) is 0 Å². The van der Waals surface area contributed by atoms with Gasteiger partial charge in [0.2, 0.25) is 0 Å². The van der Waals surface area contributed by atoms with E-state index < -0.39 is 0 Å². The van der Waals surface area contributed by atoms with E-state index in [9.17, 15) is 4.79 Å². The first-order valence-electron chi connectivity index (χ1n) is 9.27. The van der Waals surface area contributed by atoms with Gasteiger partial charge < -0.3 is 0 Å². The molecule has 2 aromatic heterocycles. The molecule has 1 aromatic carbocycles. The van der Waals surface area contributed by atoms with Crippen molar-refractivity contribution in [3.05, 3.63) is 53.7 Å². The highest BCUT2D eigenvalue weighted by Gasteiger charge is 2.27. The van der Waals surface area contributed by atoms with Crippen LogP contribution in [0.3, 0.4) is 0 Å². The van der Waals surface area contributed by atoms with Crippen LogP contribution in [0.5, 0.6) is 0 Å². The molecule has 0 amide bonds. The minimum Gasteiger partial charge on any atom is -0.298 e. The molecule has 0 radical (unpaired) electrons. The van der Waals surface area contributed by atoms with Gasteiger partial charge in [-0.3, -0.25) is 14.3 Å². The highest BCUT2D eigenvalue weighted by Crippen LogP contribution is 2.34. The number of ketones is 1. The summed E-state index contributed by atoms with van der Waals surface area (Å²) >= 11 is 1.53. The molecule has 1 aliphatic carbocycles. The Hall–Kier alpha value is -2.47. The van der Waals surface area contributed by atoms with Gasteiger partial charge in [0.15, 0.2) is 11.0 Å². The Morgan fingerprint density at radius 3 is 2.74 bits per heavy atom. The summed E-state index contributed by atoms with van der Waals surface area (Å²) in [6.45, 7) is 4.17. The average Bonchev–Trinajstić information content (AvgIpc) is 3.08. The van der Waals surface area contributed by atoms with Gasteiger partial charge in [0.1, 0.15) is 11.5 Å².